The molecule has 148 valence electrons. The second-order valence-electron chi connectivity index (χ2n) is 6.82. The van der Waals surface area contributed by atoms with Gasteiger partial charge in [-0.25, -0.2) is 0 Å². The number of morpholine rings is 1. The van der Waals surface area contributed by atoms with E-state index in [1.54, 1.807) is 6.07 Å². The van der Waals surface area contributed by atoms with Crippen molar-refractivity contribution >= 4 is 23.2 Å². The number of hydrogen-bond acceptors (Lipinski definition) is 5. The van der Waals surface area contributed by atoms with Crippen molar-refractivity contribution in [2.75, 3.05) is 36.5 Å². The zero-order chi connectivity index (χ0) is 19.9. The third kappa shape index (κ3) is 4.86. The van der Waals surface area contributed by atoms with Gasteiger partial charge in [-0.05, 0) is 31.5 Å². The van der Waals surface area contributed by atoms with Gasteiger partial charge in [-0.1, -0.05) is 19.1 Å². The quantitative estimate of drug-likeness (QED) is 0.803. The molecule has 1 saturated heterocycles. The van der Waals surface area contributed by atoms with Crippen molar-refractivity contribution in [1.82, 2.24) is 10.3 Å². The summed E-state index contributed by atoms with van der Waals surface area (Å²) in [6.07, 6.45) is 3.76. The third-order valence-corrected chi connectivity index (χ3v) is 4.76. The van der Waals surface area contributed by atoms with Crippen molar-refractivity contribution in [2.45, 2.75) is 26.3 Å². The maximum Gasteiger partial charge on any atom is 0.257 e. The van der Waals surface area contributed by atoms with E-state index in [1.807, 2.05) is 38.1 Å². The number of carbonyl (C=O) groups excluding carboxylic acids is 2. The average Bonchev–Trinajstić information content (AvgIpc) is 2.74. The van der Waals surface area contributed by atoms with Gasteiger partial charge >= 0.3 is 0 Å². The molecule has 0 spiro atoms. The molecule has 2 amide bonds. The van der Waals surface area contributed by atoms with Crippen LogP contribution in [0.15, 0.2) is 42.7 Å². The highest BCUT2D eigenvalue weighted by molar-refractivity contribution is 6.07. The van der Waals surface area contributed by atoms with Crippen molar-refractivity contribution in [2.24, 2.45) is 0 Å². The van der Waals surface area contributed by atoms with Crippen LogP contribution in [-0.4, -0.2) is 49.1 Å². The lowest BCUT2D eigenvalue weighted by Crippen LogP contribution is -2.36. The van der Waals surface area contributed by atoms with Crippen molar-refractivity contribution < 1.29 is 14.3 Å². The minimum atomic E-state index is -0.300. The number of aromatic nitrogens is 1. The summed E-state index contributed by atoms with van der Waals surface area (Å²) in [4.78, 5) is 31.3. The summed E-state index contributed by atoms with van der Waals surface area (Å²) in [7, 11) is 0. The van der Waals surface area contributed by atoms with E-state index < -0.39 is 0 Å². The maximum atomic E-state index is 12.8. The summed E-state index contributed by atoms with van der Waals surface area (Å²) in [5.74, 6) is -0.531. The summed E-state index contributed by atoms with van der Waals surface area (Å²) >= 11 is 0. The Morgan fingerprint density at radius 3 is 2.54 bits per heavy atom. The van der Waals surface area contributed by atoms with Gasteiger partial charge < -0.3 is 20.3 Å². The van der Waals surface area contributed by atoms with Gasteiger partial charge in [-0.3, -0.25) is 14.6 Å². The van der Waals surface area contributed by atoms with Gasteiger partial charge in [0.1, 0.15) is 0 Å². The van der Waals surface area contributed by atoms with Crippen LogP contribution >= 0.6 is 0 Å². The molecule has 2 N–H and O–H groups in total. The van der Waals surface area contributed by atoms with Crippen LogP contribution in [0.5, 0.6) is 0 Å². The molecule has 1 aliphatic rings. The molecular weight excluding hydrogens is 356 g/mol. The first-order valence-electron chi connectivity index (χ1n) is 9.57. The number of amides is 2. The minimum absolute atomic E-state index is 0.0605. The number of nitrogens with zero attached hydrogens (tertiary/aromatic N) is 2. The Morgan fingerprint density at radius 1 is 1.14 bits per heavy atom. The Balaban J connectivity index is 1.75. The van der Waals surface area contributed by atoms with Gasteiger partial charge in [-0.2, -0.15) is 0 Å². The molecule has 0 aliphatic carbocycles. The number of hydrogen-bond donors (Lipinski definition) is 2. The molecule has 1 aliphatic heterocycles. The molecule has 1 atom stereocenters. The highest BCUT2D eigenvalue weighted by Gasteiger charge is 2.17. The zero-order valence-electron chi connectivity index (χ0n) is 16.3. The smallest absolute Gasteiger partial charge is 0.257 e. The number of carbonyl (C=O) groups is 2. The molecule has 7 nitrogen and oxygen atoms in total. The van der Waals surface area contributed by atoms with E-state index in [0.717, 1.165) is 30.9 Å². The largest absolute Gasteiger partial charge is 0.378 e. The molecular formula is C21H26N4O3. The molecule has 7 heteroatoms. The molecule has 1 aromatic carbocycles. The number of benzene rings is 1. The van der Waals surface area contributed by atoms with E-state index >= 15 is 0 Å². The lowest BCUT2D eigenvalue weighted by molar-refractivity contribution is 0.0939. The lowest BCUT2D eigenvalue weighted by Gasteiger charge is -2.30. The fraction of sp³-hybridized carbons (Fsp3) is 0.381. The summed E-state index contributed by atoms with van der Waals surface area (Å²) in [5, 5.41) is 5.83. The third-order valence-electron chi connectivity index (χ3n) is 4.76. The highest BCUT2D eigenvalue weighted by atomic mass is 16.5. The topological polar surface area (TPSA) is 83.6 Å². The number of pyridine rings is 1. The summed E-state index contributed by atoms with van der Waals surface area (Å²) < 4.78 is 5.41. The number of rotatable bonds is 6. The second-order valence-corrected chi connectivity index (χ2v) is 6.82. The zero-order valence-corrected chi connectivity index (χ0v) is 16.3. The Bertz CT molecular complexity index is 834. The van der Waals surface area contributed by atoms with Crippen LogP contribution in [0, 0.1) is 0 Å². The molecule has 28 heavy (non-hydrogen) atoms. The fourth-order valence-electron chi connectivity index (χ4n) is 2.95. The minimum Gasteiger partial charge on any atom is -0.378 e. The van der Waals surface area contributed by atoms with Gasteiger partial charge in [0.05, 0.1) is 35.7 Å². The molecule has 0 bridgehead atoms. The molecule has 0 radical (unpaired) electrons. The predicted molar refractivity (Wildman–Crippen MR) is 109 cm³/mol. The highest BCUT2D eigenvalue weighted by Crippen LogP contribution is 2.26. The Hall–Kier alpha value is -2.93. The molecule has 3 rings (SSSR count). The van der Waals surface area contributed by atoms with E-state index in [-0.39, 0.29) is 17.9 Å². The van der Waals surface area contributed by atoms with E-state index in [0.29, 0.717) is 24.3 Å². The molecule has 0 saturated carbocycles. The van der Waals surface area contributed by atoms with Gasteiger partial charge in [0.15, 0.2) is 0 Å². The van der Waals surface area contributed by atoms with Gasteiger partial charge in [0.25, 0.3) is 11.8 Å². The SMILES string of the molecule is CCC(C)NC(=O)c1cncc(C(=O)Nc2ccccc2N2CCOCC2)c1. The van der Waals surface area contributed by atoms with E-state index in [4.69, 9.17) is 4.74 Å². The van der Waals surface area contributed by atoms with Crippen LogP contribution in [0.1, 0.15) is 41.0 Å². The van der Waals surface area contributed by atoms with Crippen molar-refractivity contribution in [1.29, 1.82) is 0 Å². The summed E-state index contributed by atoms with van der Waals surface area (Å²) in [5.41, 5.74) is 2.39. The van der Waals surface area contributed by atoms with Crippen molar-refractivity contribution in [3.8, 4) is 0 Å². The van der Waals surface area contributed by atoms with Crippen LogP contribution in [0.4, 0.5) is 11.4 Å². The summed E-state index contributed by atoms with van der Waals surface area (Å²) in [6, 6.07) is 9.31. The van der Waals surface area contributed by atoms with Crippen LogP contribution in [0.3, 0.4) is 0 Å². The number of para-hydroxylation sites is 2. The average molecular weight is 382 g/mol. The molecule has 1 aromatic heterocycles. The van der Waals surface area contributed by atoms with Gasteiger partial charge in [0, 0.05) is 31.5 Å². The van der Waals surface area contributed by atoms with E-state index in [9.17, 15) is 9.59 Å². The van der Waals surface area contributed by atoms with E-state index in [2.05, 4.69) is 20.5 Å². The lowest BCUT2D eigenvalue weighted by atomic mass is 10.1. The number of nitrogens with one attached hydrogen (secondary N) is 2. The van der Waals surface area contributed by atoms with Crippen LogP contribution in [0.25, 0.3) is 0 Å². The van der Waals surface area contributed by atoms with Crippen LogP contribution in [0.2, 0.25) is 0 Å². The maximum absolute atomic E-state index is 12.8. The Morgan fingerprint density at radius 2 is 1.82 bits per heavy atom. The monoisotopic (exact) mass is 382 g/mol. The first-order valence-corrected chi connectivity index (χ1v) is 9.57. The van der Waals surface area contributed by atoms with Gasteiger partial charge in [0.2, 0.25) is 0 Å². The first-order chi connectivity index (χ1) is 13.6. The predicted octanol–water partition coefficient (Wildman–Crippen LogP) is 2.70. The standard InChI is InChI=1S/C21H26N4O3/c1-3-15(2)23-20(26)16-12-17(14-22-13-16)21(27)24-18-6-4-5-7-19(18)25-8-10-28-11-9-25/h4-7,12-15H,3,8-11H2,1-2H3,(H,23,26)(H,24,27). The molecule has 2 heterocycles. The molecule has 1 unspecified atom stereocenters. The normalized spacial score (nSPS) is 15.0. The van der Waals surface area contributed by atoms with Crippen LogP contribution < -0.4 is 15.5 Å². The summed E-state index contributed by atoms with van der Waals surface area (Å²) in [6.45, 7) is 6.82. The number of ether oxygens (including phenoxy) is 1. The first kappa shape index (κ1) is 19.8. The fourth-order valence-corrected chi connectivity index (χ4v) is 2.95. The van der Waals surface area contributed by atoms with Gasteiger partial charge in [-0.15, -0.1) is 0 Å². The van der Waals surface area contributed by atoms with Crippen molar-refractivity contribution in [3.63, 3.8) is 0 Å². The number of anilines is 2. The molecule has 2 aromatic rings. The van der Waals surface area contributed by atoms with E-state index in [1.165, 1.54) is 12.4 Å². The van der Waals surface area contributed by atoms with Crippen molar-refractivity contribution in [3.05, 3.63) is 53.9 Å². The second kappa shape index (κ2) is 9.32. The van der Waals surface area contributed by atoms with Crippen LogP contribution in [-0.2, 0) is 4.74 Å². The Kier molecular flexibility index (Phi) is 6.60. The molecule has 1 fully saturated rings. The Labute approximate surface area is 165 Å².